The number of aromatic nitrogens is 2. The minimum atomic E-state index is -0.179. The van der Waals surface area contributed by atoms with Gasteiger partial charge in [-0.15, -0.1) is 0 Å². The van der Waals surface area contributed by atoms with E-state index in [0.717, 1.165) is 12.1 Å². The van der Waals surface area contributed by atoms with Crippen molar-refractivity contribution in [2.24, 2.45) is 18.9 Å². The van der Waals surface area contributed by atoms with Crippen molar-refractivity contribution in [3.63, 3.8) is 0 Å². The first-order valence-corrected chi connectivity index (χ1v) is 7.70. The molecule has 120 valence electrons. The first kappa shape index (κ1) is 15.3. The molecule has 1 aromatic heterocycles. The Morgan fingerprint density at radius 3 is 2.78 bits per heavy atom. The van der Waals surface area contributed by atoms with E-state index in [4.69, 9.17) is 0 Å². The van der Waals surface area contributed by atoms with Crippen LogP contribution >= 0.6 is 0 Å². The number of carbonyl (C=O) groups excluding carboxylic acids is 2. The Morgan fingerprint density at radius 1 is 1.35 bits per heavy atom. The number of benzene rings is 1. The van der Waals surface area contributed by atoms with Gasteiger partial charge in [-0.2, -0.15) is 5.10 Å². The van der Waals surface area contributed by atoms with Crippen molar-refractivity contribution in [2.45, 2.75) is 19.9 Å². The Bertz CT molecular complexity index is 738. The number of carbonyl (C=O) groups is 2. The number of hydrogen-bond donors (Lipinski definition) is 2. The third kappa shape index (κ3) is 3.59. The van der Waals surface area contributed by atoms with E-state index in [-0.39, 0.29) is 17.7 Å². The summed E-state index contributed by atoms with van der Waals surface area (Å²) in [6.45, 7) is 2.47. The Morgan fingerprint density at radius 2 is 2.13 bits per heavy atom. The van der Waals surface area contributed by atoms with Crippen LogP contribution in [0.1, 0.15) is 29.4 Å². The number of nitrogens with one attached hydrogen (secondary N) is 2. The molecular weight excluding hydrogens is 292 g/mol. The summed E-state index contributed by atoms with van der Waals surface area (Å²) in [5.74, 6) is 0.421. The van der Waals surface area contributed by atoms with Gasteiger partial charge in [-0.1, -0.05) is 13.0 Å². The van der Waals surface area contributed by atoms with Gasteiger partial charge < -0.3 is 10.6 Å². The highest BCUT2D eigenvalue weighted by atomic mass is 16.2. The van der Waals surface area contributed by atoms with Crippen LogP contribution in [0.3, 0.4) is 0 Å². The summed E-state index contributed by atoms with van der Waals surface area (Å²) in [5, 5.41) is 9.79. The van der Waals surface area contributed by atoms with Crippen LogP contribution in [0.25, 0.3) is 0 Å². The third-order valence-corrected chi connectivity index (χ3v) is 4.19. The highest BCUT2D eigenvalue weighted by Crippen LogP contribution is 2.38. The van der Waals surface area contributed by atoms with Gasteiger partial charge in [0.25, 0.3) is 5.91 Å². The van der Waals surface area contributed by atoms with Crippen molar-refractivity contribution in [1.29, 1.82) is 0 Å². The summed E-state index contributed by atoms with van der Waals surface area (Å²) in [4.78, 5) is 24.2. The summed E-state index contributed by atoms with van der Waals surface area (Å²) in [5.41, 5.74) is 2.10. The Labute approximate surface area is 134 Å². The zero-order chi connectivity index (χ0) is 16.4. The lowest BCUT2D eigenvalue weighted by Crippen LogP contribution is -2.24. The lowest BCUT2D eigenvalue weighted by Gasteiger charge is -2.08. The minimum absolute atomic E-state index is 0.0324. The number of rotatable bonds is 5. The first-order valence-electron chi connectivity index (χ1n) is 7.70. The molecule has 2 amide bonds. The van der Waals surface area contributed by atoms with E-state index in [9.17, 15) is 9.59 Å². The summed E-state index contributed by atoms with van der Waals surface area (Å²) in [6.07, 6.45) is 2.63. The van der Waals surface area contributed by atoms with Crippen LogP contribution < -0.4 is 10.6 Å². The van der Waals surface area contributed by atoms with Gasteiger partial charge >= 0.3 is 0 Å². The molecule has 1 fully saturated rings. The van der Waals surface area contributed by atoms with Gasteiger partial charge in [-0.3, -0.25) is 14.3 Å². The van der Waals surface area contributed by atoms with E-state index >= 15 is 0 Å². The van der Waals surface area contributed by atoms with E-state index in [2.05, 4.69) is 22.7 Å². The number of anilines is 1. The summed E-state index contributed by atoms with van der Waals surface area (Å²) < 4.78 is 1.72. The molecule has 1 heterocycles. The normalized spacial score (nSPS) is 19.2. The molecule has 1 aliphatic carbocycles. The van der Waals surface area contributed by atoms with Gasteiger partial charge in [0.15, 0.2) is 0 Å². The van der Waals surface area contributed by atoms with Crippen molar-refractivity contribution in [3.05, 3.63) is 47.8 Å². The molecule has 23 heavy (non-hydrogen) atoms. The molecule has 1 aromatic carbocycles. The zero-order valence-corrected chi connectivity index (χ0v) is 13.2. The highest BCUT2D eigenvalue weighted by molar-refractivity contribution is 5.98. The summed E-state index contributed by atoms with van der Waals surface area (Å²) in [6, 6.07) is 8.85. The van der Waals surface area contributed by atoms with E-state index in [0.29, 0.717) is 23.7 Å². The second-order valence-corrected chi connectivity index (χ2v) is 6.02. The molecule has 2 N–H and O–H groups in total. The van der Waals surface area contributed by atoms with Crippen LogP contribution in [0.5, 0.6) is 0 Å². The van der Waals surface area contributed by atoms with Gasteiger partial charge in [-0.05, 0) is 36.6 Å². The van der Waals surface area contributed by atoms with Gasteiger partial charge in [0.05, 0.1) is 12.2 Å². The smallest absolute Gasteiger partial charge is 0.251 e. The lowest BCUT2D eigenvalue weighted by atomic mass is 10.2. The molecule has 0 aliphatic heterocycles. The molecule has 0 unspecified atom stereocenters. The number of nitrogens with zero attached hydrogens (tertiary/aromatic N) is 2. The van der Waals surface area contributed by atoms with Gasteiger partial charge in [0, 0.05) is 30.4 Å². The maximum atomic E-state index is 12.2. The average Bonchev–Trinajstić information content (AvgIpc) is 3.13. The van der Waals surface area contributed by atoms with E-state index in [1.165, 1.54) is 0 Å². The molecular formula is C17H20N4O2. The molecule has 1 aliphatic rings. The van der Waals surface area contributed by atoms with E-state index < -0.39 is 0 Å². The molecule has 2 atom stereocenters. The van der Waals surface area contributed by atoms with Crippen molar-refractivity contribution in [1.82, 2.24) is 15.1 Å². The van der Waals surface area contributed by atoms with E-state index in [1.807, 2.05) is 13.1 Å². The third-order valence-electron chi connectivity index (χ3n) is 4.19. The predicted octanol–water partition coefficient (Wildman–Crippen LogP) is 1.94. The largest absolute Gasteiger partial charge is 0.346 e. The molecule has 0 spiro atoms. The maximum absolute atomic E-state index is 12.2. The molecule has 0 radical (unpaired) electrons. The quantitative estimate of drug-likeness (QED) is 0.886. The Balaban J connectivity index is 1.61. The van der Waals surface area contributed by atoms with Crippen molar-refractivity contribution >= 4 is 17.5 Å². The van der Waals surface area contributed by atoms with Gasteiger partial charge in [0.1, 0.15) is 0 Å². The second kappa shape index (κ2) is 6.24. The average molecular weight is 312 g/mol. The number of hydrogen-bond acceptors (Lipinski definition) is 3. The fourth-order valence-corrected chi connectivity index (χ4v) is 2.51. The molecule has 6 heteroatoms. The number of amides is 2. The van der Waals surface area contributed by atoms with Crippen molar-refractivity contribution in [2.75, 3.05) is 5.32 Å². The minimum Gasteiger partial charge on any atom is -0.346 e. The monoisotopic (exact) mass is 312 g/mol. The Hall–Kier alpha value is -2.63. The van der Waals surface area contributed by atoms with Crippen LogP contribution in [-0.2, 0) is 18.4 Å². The lowest BCUT2D eigenvalue weighted by molar-refractivity contribution is -0.117. The summed E-state index contributed by atoms with van der Waals surface area (Å²) in [7, 11) is 1.83. The highest BCUT2D eigenvalue weighted by Gasteiger charge is 2.39. The van der Waals surface area contributed by atoms with Crippen LogP contribution in [0, 0.1) is 11.8 Å². The standard InChI is InChI=1S/C17H20N4O2/c1-11-8-15(11)17(23)20-13-5-3-4-12(9-13)16(22)18-10-14-6-7-19-21(14)2/h3-7,9,11,15H,8,10H2,1-2H3,(H,18,22)(H,20,23)/t11-,15+/m0/s1. The second-order valence-electron chi connectivity index (χ2n) is 6.02. The van der Waals surface area contributed by atoms with E-state index in [1.54, 1.807) is 35.1 Å². The number of aryl methyl sites for hydroxylation is 1. The maximum Gasteiger partial charge on any atom is 0.251 e. The molecule has 6 nitrogen and oxygen atoms in total. The van der Waals surface area contributed by atoms with Crippen LogP contribution in [0.4, 0.5) is 5.69 Å². The van der Waals surface area contributed by atoms with Crippen LogP contribution in [-0.4, -0.2) is 21.6 Å². The molecule has 2 aromatic rings. The van der Waals surface area contributed by atoms with Crippen LogP contribution in [0.2, 0.25) is 0 Å². The van der Waals surface area contributed by atoms with Gasteiger partial charge in [0.2, 0.25) is 5.91 Å². The topological polar surface area (TPSA) is 76.0 Å². The summed E-state index contributed by atoms with van der Waals surface area (Å²) >= 11 is 0. The Kier molecular flexibility index (Phi) is 4.14. The predicted molar refractivity (Wildman–Crippen MR) is 86.7 cm³/mol. The van der Waals surface area contributed by atoms with Crippen molar-refractivity contribution < 1.29 is 9.59 Å². The van der Waals surface area contributed by atoms with Crippen LogP contribution in [0.15, 0.2) is 36.5 Å². The van der Waals surface area contributed by atoms with Gasteiger partial charge in [-0.25, -0.2) is 0 Å². The fraction of sp³-hybridized carbons (Fsp3) is 0.353. The molecule has 1 saturated carbocycles. The molecule has 3 rings (SSSR count). The van der Waals surface area contributed by atoms with Crippen molar-refractivity contribution in [3.8, 4) is 0 Å². The fourth-order valence-electron chi connectivity index (χ4n) is 2.51. The molecule has 0 saturated heterocycles. The zero-order valence-electron chi connectivity index (χ0n) is 13.2. The SMILES string of the molecule is C[C@H]1C[C@H]1C(=O)Nc1cccc(C(=O)NCc2ccnn2C)c1. The molecule has 0 bridgehead atoms. The first-order chi connectivity index (χ1) is 11.0.